The summed E-state index contributed by atoms with van der Waals surface area (Å²) in [5.74, 6) is 1.83. The van der Waals surface area contributed by atoms with Gasteiger partial charge in [-0.05, 0) is 66.9 Å². The van der Waals surface area contributed by atoms with Crippen LogP contribution in [0, 0.1) is 34.5 Å². The molecular weight excluding hydrogens is 538 g/mol. The summed E-state index contributed by atoms with van der Waals surface area (Å²) in [6.45, 7) is 15.1. The van der Waals surface area contributed by atoms with Gasteiger partial charge in [-0.25, -0.2) is 4.79 Å². The fraction of sp³-hybridized carbons (Fsp3) is 0.758. The monoisotopic (exact) mass is 595 g/mol. The number of aromatic hydroxyl groups is 1. The summed E-state index contributed by atoms with van der Waals surface area (Å²) in [4.78, 5) is 23.6. The van der Waals surface area contributed by atoms with Crippen LogP contribution >= 0.6 is 0 Å². The van der Waals surface area contributed by atoms with Crippen LogP contribution in [0.3, 0.4) is 0 Å². The van der Waals surface area contributed by atoms with E-state index < -0.39 is 5.97 Å². The van der Waals surface area contributed by atoms with Crippen LogP contribution in [-0.2, 0) is 4.79 Å². The van der Waals surface area contributed by atoms with Gasteiger partial charge in [0.1, 0.15) is 17.1 Å². The number of aromatic carboxylic acids is 1. The van der Waals surface area contributed by atoms with E-state index in [9.17, 15) is 14.7 Å². The molecule has 3 aliphatic carbocycles. The SMILES string of the molecule is CC(C)[C@@H]1CC[C@@H](C)C[C@H]1O.CC12CCC(CC1=O)C2(C)C.O=C(O)c1ccccc1O.OCCN(CCO)CCO. The molecule has 0 aromatic heterocycles. The average Bonchev–Trinajstić information content (AvgIpc) is 3.23. The van der Waals surface area contributed by atoms with E-state index in [1.54, 1.807) is 17.0 Å². The van der Waals surface area contributed by atoms with Gasteiger partial charge in [-0.3, -0.25) is 9.69 Å². The van der Waals surface area contributed by atoms with E-state index in [-0.39, 0.29) is 48.1 Å². The largest absolute Gasteiger partial charge is 0.507 e. The molecule has 0 heterocycles. The highest BCUT2D eigenvalue weighted by Crippen LogP contribution is 2.63. The molecule has 0 aliphatic heterocycles. The third kappa shape index (κ3) is 10.6. The lowest BCUT2D eigenvalue weighted by atomic mass is 9.70. The molecule has 0 radical (unpaired) electrons. The Morgan fingerprint density at radius 3 is 1.83 bits per heavy atom. The Bertz CT molecular complexity index is 937. The first-order valence-electron chi connectivity index (χ1n) is 15.4. The van der Waals surface area contributed by atoms with E-state index in [2.05, 4.69) is 41.5 Å². The van der Waals surface area contributed by atoms with Crippen molar-refractivity contribution in [3.63, 3.8) is 0 Å². The molecule has 9 nitrogen and oxygen atoms in total. The quantitative estimate of drug-likeness (QED) is 0.259. The van der Waals surface area contributed by atoms with Gasteiger partial charge in [0, 0.05) is 31.5 Å². The summed E-state index contributed by atoms with van der Waals surface area (Å²) in [5, 5.41) is 52.5. The van der Waals surface area contributed by atoms with Crippen molar-refractivity contribution in [2.75, 3.05) is 39.5 Å². The van der Waals surface area contributed by atoms with Gasteiger partial charge in [0.2, 0.25) is 0 Å². The fourth-order valence-corrected chi connectivity index (χ4v) is 6.47. The minimum absolute atomic E-state index is 0.0255. The molecule has 0 amide bonds. The number of para-hydroxylation sites is 1. The van der Waals surface area contributed by atoms with Crippen molar-refractivity contribution >= 4 is 11.8 Å². The van der Waals surface area contributed by atoms with Crippen molar-refractivity contribution < 1.29 is 40.2 Å². The molecule has 0 spiro atoms. The van der Waals surface area contributed by atoms with Crippen LogP contribution in [0.15, 0.2) is 24.3 Å². The summed E-state index contributed by atoms with van der Waals surface area (Å²) in [5.41, 5.74) is 0.240. The topological polar surface area (TPSA) is 159 Å². The smallest absolute Gasteiger partial charge is 0.339 e. The molecule has 0 saturated heterocycles. The number of aliphatic hydroxyl groups is 4. The minimum atomic E-state index is -1.11. The van der Waals surface area contributed by atoms with Gasteiger partial charge in [0.05, 0.1) is 25.9 Å². The highest BCUT2D eigenvalue weighted by molar-refractivity contribution is 5.90. The van der Waals surface area contributed by atoms with E-state index in [1.807, 2.05) is 0 Å². The van der Waals surface area contributed by atoms with Crippen molar-refractivity contribution in [1.29, 1.82) is 0 Å². The zero-order chi connectivity index (χ0) is 32.1. The third-order valence-electron chi connectivity index (χ3n) is 9.85. The molecule has 6 N–H and O–H groups in total. The Labute approximate surface area is 252 Å². The minimum Gasteiger partial charge on any atom is -0.507 e. The van der Waals surface area contributed by atoms with Crippen LogP contribution in [0.2, 0.25) is 0 Å². The number of fused-ring (bicyclic) bond motifs is 2. The molecule has 42 heavy (non-hydrogen) atoms. The molecule has 2 unspecified atom stereocenters. The molecule has 5 atom stereocenters. The number of carboxylic acid groups (broad SMARTS) is 1. The van der Waals surface area contributed by atoms with Gasteiger partial charge in [-0.2, -0.15) is 0 Å². The molecule has 2 bridgehead atoms. The second-order valence-electron chi connectivity index (χ2n) is 13.1. The van der Waals surface area contributed by atoms with E-state index in [4.69, 9.17) is 25.5 Å². The maximum Gasteiger partial charge on any atom is 0.339 e. The zero-order valence-electron chi connectivity index (χ0n) is 26.6. The maximum absolute atomic E-state index is 11.6. The summed E-state index contributed by atoms with van der Waals surface area (Å²) < 4.78 is 0. The van der Waals surface area contributed by atoms with Crippen LogP contribution in [-0.4, -0.2) is 92.9 Å². The predicted octanol–water partition coefficient (Wildman–Crippen LogP) is 4.20. The number of aliphatic hydroxyl groups excluding tert-OH is 4. The van der Waals surface area contributed by atoms with Crippen molar-refractivity contribution in [3.05, 3.63) is 29.8 Å². The number of rotatable bonds is 8. The lowest BCUT2D eigenvalue weighted by Gasteiger charge is -2.33. The molecule has 3 aliphatic rings. The number of phenols is 1. The Balaban J connectivity index is 0.000000280. The maximum atomic E-state index is 11.6. The highest BCUT2D eigenvalue weighted by atomic mass is 16.4. The van der Waals surface area contributed by atoms with E-state index >= 15 is 0 Å². The number of Topliss-reactive ketones (excluding diaryl/α,β-unsaturated/α-hetero) is 1. The Hall–Kier alpha value is -2.04. The molecule has 4 rings (SSSR count). The van der Waals surface area contributed by atoms with Crippen LogP contribution in [0.4, 0.5) is 0 Å². The van der Waals surface area contributed by atoms with Crippen molar-refractivity contribution in [3.8, 4) is 5.75 Å². The van der Waals surface area contributed by atoms with E-state index in [1.165, 1.54) is 31.4 Å². The van der Waals surface area contributed by atoms with E-state index in [0.29, 0.717) is 43.2 Å². The van der Waals surface area contributed by atoms with Crippen molar-refractivity contribution in [2.24, 2.45) is 34.5 Å². The number of hydrogen-bond acceptors (Lipinski definition) is 8. The number of carbonyl (C=O) groups is 2. The van der Waals surface area contributed by atoms with Gasteiger partial charge in [0.15, 0.2) is 0 Å². The molecule has 1 aromatic rings. The predicted molar refractivity (Wildman–Crippen MR) is 164 cm³/mol. The number of nitrogens with zero attached hydrogens (tertiary/aromatic N) is 1. The summed E-state index contributed by atoms with van der Waals surface area (Å²) in [7, 11) is 0. The second-order valence-corrected chi connectivity index (χ2v) is 13.1. The Kier molecular flexibility index (Phi) is 16.2. The van der Waals surface area contributed by atoms with Gasteiger partial charge >= 0.3 is 5.97 Å². The van der Waals surface area contributed by atoms with E-state index in [0.717, 1.165) is 25.2 Å². The number of benzene rings is 1. The Morgan fingerprint density at radius 2 is 1.52 bits per heavy atom. The van der Waals surface area contributed by atoms with Gasteiger partial charge < -0.3 is 30.6 Å². The lowest BCUT2D eigenvalue weighted by Crippen LogP contribution is -2.32. The Morgan fingerprint density at radius 1 is 0.976 bits per heavy atom. The van der Waals surface area contributed by atoms with Crippen molar-refractivity contribution in [2.45, 2.75) is 86.2 Å². The molecule has 3 fully saturated rings. The standard InChI is InChI=1S/C10H16O.C10H20O.C7H6O3.C6H15NO3/c1-9(2)7-4-5-10(9,3)8(11)6-7;1-7(2)9-5-4-8(3)6-10(9)11;8-6-4-2-1-3-5(6)7(9)10;8-4-1-7(2-5-9)3-6-10/h7H,4-6H2,1-3H3;7-11H,4-6H2,1-3H3;1-4,8H,(H,9,10);8-10H,1-6H2/t;8-,9+,10-;;/m.1../s1. The summed E-state index contributed by atoms with van der Waals surface area (Å²) >= 11 is 0. The van der Waals surface area contributed by atoms with Crippen LogP contribution < -0.4 is 0 Å². The van der Waals surface area contributed by atoms with Crippen LogP contribution in [0.1, 0.15) is 90.4 Å². The first-order valence-corrected chi connectivity index (χ1v) is 15.4. The first-order chi connectivity index (χ1) is 19.7. The van der Waals surface area contributed by atoms with Crippen LogP contribution in [0.25, 0.3) is 0 Å². The first kappa shape index (κ1) is 38.0. The third-order valence-corrected chi connectivity index (χ3v) is 9.85. The average molecular weight is 596 g/mol. The summed E-state index contributed by atoms with van der Waals surface area (Å²) in [6.07, 6.45) is 6.77. The normalized spacial score (nSPS) is 27.4. The number of ketones is 1. The molecule has 242 valence electrons. The fourth-order valence-electron chi connectivity index (χ4n) is 6.47. The van der Waals surface area contributed by atoms with Crippen LogP contribution in [0.5, 0.6) is 5.75 Å². The zero-order valence-corrected chi connectivity index (χ0v) is 26.6. The van der Waals surface area contributed by atoms with Gasteiger partial charge in [0.25, 0.3) is 0 Å². The number of carboxylic acids is 1. The van der Waals surface area contributed by atoms with Gasteiger partial charge in [-0.15, -0.1) is 0 Å². The highest BCUT2D eigenvalue weighted by Gasteiger charge is 2.61. The lowest BCUT2D eigenvalue weighted by molar-refractivity contribution is -0.128. The molecular formula is C33H57NO8. The second kappa shape index (κ2) is 17.9. The number of hydrogen-bond donors (Lipinski definition) is 6. The van der Waals surface area contributed by atoms with Gasteiger partial charge in [-0.1, -0.05) is 60.1 Å². The molecule has 9 heteroatoms. The molecule has 1 aromatic carbocycles. The van der Waals surface area contributed by atoms with Crippen molar-refractivity contribution in [1.82, 2.24) is 4.90 Å². The summed E-state index contributed by atoms with van der Waals surface area (Å²) in [6, 6.07) is 5.81. The molecule has 3 saturated carbocycles. The number of carbonyl (C=O) groups excluding carboxylic acids is 1.